The van der Waals surface area contributed by atoms with Crippen molar-refractivity contribution in [2.45, 2.75) is 0 Å². The minimum absolute atomic E-state index is 0. The zero-order valence-corrected chi connectivity index (χ0v) is 13.7. The van der Waals surface area contributed by atoms with Crippen molar-refractivity contribution in [2.24, 2.45) is 0 Å². The Morgan fingerprint density at radius 1 is 0.783 bits per heavy atom. The summed E-state index contributed by atoms with van der Waals surface area (Å²) in [5.74, 6) is 1.34. The second kappa shape index (κ2) is 10.3. The van der Waals surface area contributed by atoms with Crippen LogP contribution in [0.4, 0.5) is 0 Å². The molecule has 0 aromatic heterocycles. The molecule has 0 fully saturated rings. The van der Waals surface area contributed by atoms with Crippen LogP contribution in [0, 0.1) is 0 Å². The monoisotopic (exact) mass is 367 g/mol. The van der Waals surface area contributed by atoms with E-state index in [9.17, 15) is 0 Å². The Hall–Kier alpha value is -2.51. The van der Waals surface area contributed by atoms with Gasteiger partial charge in [-0.05, 0) is 24.3 Å². The molecule has 2 aromatic carbocycles. The van der Waals surface area contributed by atoms with Gasteiger partial charge in [-0.2, -0.15) is 0 Å². The van der Waals surface area contributed by atoms with Gasteiger partial charge in [-0.1, -0.05) is 12.1 Å². The fraction of sp³-hybridized carbons (Fsp3) is 0.125. The molecule has 0 atom stereocenters. The summed E-state index contributed by atoms with van der Waals surface area (Å²) in [6.45, 7) is 0. The summed E-state index contributed by atoms with van der Waals surface area (Å²) >= 11 is 0. The molecule has 0 saturated heterocycles. The van der Waals surface area contributed by atoms with E-state index in [2.05, 4.69) is 0 Å². The first kappa shape index (κ1) is 20.5. The van der Waals surface area contributed by atoms with Crippen LogP contribution in [0.1, 0.15) is 11.1 Å². The van der Waals surface area contributed by atoms with E-state index in [-0.39, 0.29) is 28.3 Å². The van der Waals surface area contributed by atoms with Crippen molar-refractivity contribution in [3.63, 3.8) is 0 Å². The van der Waals surface area contributed by atoms with E-state index in [1.165, 1.54) is 14.2 Å². The first-order valence-electron chi connectivity index (χ1n) is 6.31. The Bertz CT molecular complexity index is 600. The molecule has 0 spiro atoms. The Kier molecular flexibility index (Phi) is 9.13. The average molecular weight is 367 g/mol. The summed E-state index contributed by atoms with van der Waals surface area (Å²) in [4.78, 5) is 17.3. The molecule has 1 radical (unpaired) electrons. The van der Waals surface area contributed by atoms with Gasteiger partial charge in [0.25, 0.3) is 0 Å². The number of rotatable bonds is 4. The first-order valence-corrected chi connectivity index (χ1v) is 6.31. The summed E-state index contributed by atoms with van der Waals surface area (Å²) < 4.78 is 9.74. The van der Waals surface area contributed by atoms with Gasteiger partial charge in [0.15, 0.2) is 11.1 Å². The Morgan fingerprint density at radius 2 is 1.13 bits per heavy atom. The first-order chi connectivity index (χ1) is 10.6. The maximum atomic E-state index is 8.64. The fourth-order valence-corrected chi connectivity index (χ4v) is 1.65. The smallest absolute Gasteiger partial charge is 0.321 e. The van der Waals surface area contributed by atoms with Crippen LogP contribution in [-0.2, 0) is 16.8 Å². The zero-order chi connectivity index (χ0) is 16.5. The molecule has 0 saturated carbocycles. The van der Waals surface area contributed by atoms with E-state index in [0.29, 0.717) is 22.6 Å². The minimum atomic E-state index is 0. The van der Waals surface area contributed by atoms with Crippen LogP contribution in [-0.4, -0.2) is 46.6 Å². The van der Waals surface area contributed by atoms with Gasteiger partial charge in [-0.25, -0.2) is 0 Å². The average Bonchev–Trinajstić information content (AvgIpc) is 2.56. The second-order valence-electron chi connectivity index (χ2n) is 4.11. The Morgan fingerprint density at radius 3 is 1.39 bits per heavy atom. The van der Waals surface area contributed by atoms with Gasteiger partial charge >= 0.3 is 24.1 Å². The number of aldehydes is 2. The van der Waals surface area contributed by atoms with Gasteiger partial charge in [0, 0.05) is 16.8 Å². The van der Waals surface area contributed by atoms with Crippen molar-refractivity contribution < 1.29 is 46.1 Å². The van der Waals surface area contributed by atoms with Gasteiger partial charge in [0.05, 0.1) is 14.2 Å². The van der Waals surface area contributed by atoms with E-state index < -0.39 is 0 Å². The molecule has 0 aliphatic heterocycles. The molecule has 6 N–H and O–H groups in total. The molecule has 0 heterocycles. The van der Waals surface area contributed by atoms with E-state index in [0.717, 1.165) is 12.6 Å². The summed E-state index contributed by atoms with van der Waals surface area (Å²) in [5, 5.41) is 14.9. The molecule has 7 heteroatoms. The molecular formula is C16H20CoO6+4. The van der Waals surface area contributed by atoms with Crippen molar-refractivity contribution in [3.8, 4) is 23.0 Å². The summed E-state index contributed by atoms with van der Waals surface area (Å²) in [5.41, 5.74) is 0.925. The van der Waals surface area contributed by atoms with Crippen molar-refractivity contribution in [1.29, 1.82) is 0 Å². The van der Waals surface area contributed by atoms with Crippen LogP contribution in [0.15, 0.2) is 36.4 Å². The van der Waals surface area contributed by atoms with Gasteiger partial charge in [0.2, 0.25) is 11.5 Å². The zero-order valence-electron chi connectivity index (χ0n) is 12.7. The maximum absolute atomic E-state index is 8.64. The van der Waals surface area contributed by atoms with E-state index in [1.54, 1.807) is 36.4 Å². The SMILES string of the molecule is COc1cccc(C=[OH+])c1[OH2+].COc1cccc(C=[OH+])c1[OH2+].[Co]. The molecule has 2 rings (SSSR count). The fourth-order valence-electron chi connectivity index (χ4n) is 1.65. The van der Waals surface area contributed by atoms with E-state index >= 15 is 0 Å². The van der Waals surface area contributed by atoms with Gasteiger partial charge in [0.1, 0.15) is 0 Å². The molecule has 125 valence electrons. The third kappa shape index (κ3) is 5.31. The molecule has 23 heavy (non-hydrogen) atoms. The largest absolute Gasteiger partial charge is 0.590 e. The quantitative estimate of drug-likeness (QED) is 0.600. The number of hydrogen-bond acceptors (Lipinski definition) is 2. The number of benzene rings is 2. The summed E-state index contributed by atoms with van der Waals surface area (Å²) in [6.07, 6.45) is 1.79. The van der Waals surface area contributed by atoms with Crippen LogP contribution in [0.2, 0.25) is 0 Å². The van der Waals surface area contributed by atoms with Gasteiger partial charge in [-0.3, -0.25) is 9.59 Å². The van der Waals surface area contributed by atoms with Crippen LogP contribution in [0.5, 0.6) is 23.0 Å². The third-order valence-electron chi connectivity index (χ3n) is 2.83. The number of ether oxygens (including phenoxy) is 2. The van der Waals surface area contributed by atoms with Gasteiger partial charge in [-0.15, -0.1) is 0 Å². The number of methoxy groups -OCH3 is 2. The molecule has 6 nitrogen and oxygen atoms in total. The van der Waals surface area contributed by atoms with Crippen LogP contribution < -0.4 is 9.47 Å². The molecule has 0 aliphatic carbocycles. The van der Waals surface area contributed by atoms with Crippen LogP contribution >= 0.6 is 0 Å². The molecule has 2 aromatic rings. The normalized spacial score (nSPS) is 8.78. The predicted molar refractivity (Wildman–Crippen MR) is 86.3 cm³/mol. The molecule has 0 unspecified atom stereocenters. The number of carbonyl (C=O) groups excluding carboxylic acids is 2. The van der Waals surface area contributed by atoms with E-state index in [1.807, 2.05) is 0 Å². The molecule has 0 bridgehead atoms. The summed E-state index contributed by atoms with van der Waals surface area (Å²) in [6, 6.07) is 10.1. The maximum Gasteiger partial charge on any atom is 0.321 e. The van der Waals surface area contributed by atoms with Crippen molar-refractivity contribution in [1.82, 2.24) is 0 Å². The number of para-hydroxylation sites is 2. The summed E-state index contributed by atoms with van der Waals surface area (Å²) in [7, 11) is 2.99. The van der Waals surface area contributed by atoms with Gasteiger partial charge < -0.3 is 19.7 Å². The van der Waals surface area contributed by atoms with Crippen molar-refractivity contribution in [2.75, 3.05) is 14.2 Å². The Balaban J connectivity index is 0.000000403. The third-order valence-corrected chi connectivity index (χ3v) is 2.83. The van der Waals surface area contributed by atoms with Crippen molar-refractivity contribution >= 4 is 12.6 Å². The van der Waals surface area contributed by atoms with Crippen LogP contribution in [0.25, 0.3) is 0 Å². The molecule has 0 amide bonds. The van der Waals surface area contributed by atoms with E-state index in [4.69, 9.17) is 29.3 Å². The molecular weight excluding hydrogens is 347 g/mol. The number of hydrogen-bond donors (Lipinski definition) is 0. The second-order valence-corrected chi connectivity index (χ2v) is 4.11. The topological polar surface area (TPSA) is 107 Å². The Labute approximate surface area is 143 Å². The standard InChI is InChI=1S/2C8H8O3.Co/c2*1-11-7-4-2-3-6(5-9)8(7)10;/h2*2-5,10H,1H3;/p+4. The van der Waals surface area contributed by atoms with Crippen LogP contribution in [0.3, 0.4) is 0 Å². The molecule has 0 aliphatic rings. The predicted octanol–water partition coefficient (Wildman–Crippen LogP) is 1.31. The van der Waals surface area contributed by atoms with Crippen molar-refractivity contribution in [3.05, 3.63) is 47.5 Å². The minimum Gasteiger partial charge on any atom is -0.590 e.